The predicted octanol–water partition coefficient (Wildman–Crippen LogP) is 3.05. The molecule has 0 fully saturated rings. The van der Waals surface area contributed by atoms with Crippen molar-refractivity contribution in [2.45, 2.75) is 0 Å². The summed E-state index contributed by atoms with van der Waals surface area (Å²) in [7, 11) is 0. The molecule has 0 saturated carbocycles. The fourth-order valence-corrected chi connectivity index (χ4v) is 1.80. The highest BCUT2D eigenvalue weighted by Crippen LogP contribution is 2.22. The first kappa shape index (κ1) is 12.9. The van der Waals surface area contributed by atoms with Gasteiger partial charge in [-0.3, -0.25) is 4.79 Å². The number of nitrogens with two attached hydrogens (primary N) is 1. The van der Waals surface area contributed by atoms with Crippen LogP contribution in [0.1, 0.15) is 15.9 Å². The molecule has 5 heteroatoms. The number of nitrogens with zero attached hydrogens (tertiary/aromatic N) is 1. The highest BCUT2D eigenvalue weighted by atomic mass is 35.5. The number of amides is 1. The predicted molar refractivity (Wildman–Crippen MR) is 75.0 cm³/mol. The molecule has 94 valence electrons. The van der Waals surface area contributed by atoms with Gasteiger partial charge in [0.15, 0.2) is 0 Å². The van der Waals surface area contributed by atoms with E-state index in [0.29, 0.717) is 27.5 Å². The minimum absolute atomic E-state index is 0.333. The van der Waals surface area contributed by atoms with Crippen molar-refractivity contribution in [3.05, 3.63) is 58.6 Å². The molecule has 0 unspecified atom stereocenters. The molecule has 0 bridgehead atoms. The summed E-state index contributed by atoms with van der Waals surface area (Å²) < 4.78 is 0. The lowest BCUT2D eigenvalue weighted by Crippen LogP contribution is -2.13. The van der Waals surface area contributed by atoms with Gasteiger partial charge >= 0.3 is 0 Å². The summed E-state index contributed by atoms with van der Waals surface area (Å²) in [5, 5.41) is 11.8. The molecule has 0 aromatic heterocycles. The third-order valence-corrected chi connectivity index (χ3v) is 2.88. The molecule has 0 spiro atoms. The fourth-order valence-electron chi connectivity index (χ4n) is 1.58. The number of carbonyl (C=O) groups excluding carboxylic acids is 1. The monoisotopic (exact) mass is 271 g/mol. The zero-order valence-corrected chi connectivity index (χ0v) is 10.6. The van der Waals surface area contributed by atoms with Crippen LogP contribution in [0.2, 0.25) is 5.02 Å². The van der Waals surface area contributed by atoms with Crippen LogP contribution in [0.5, 0.6) is 0 Å². The van der Waals surface area contributed by atoms with Gasteiger partial charge in [-0.25, -0.2) is 0 Å². The Labute approximate surface area is 115 Å². The van der Waals surface area contributed by atoms with Gasteiger partial charge in [0.2, 0.25) is 0 Å². The number of nitrogens with one attached hydrogen (secondary N) is 1. The number of halogens is 1. The van der Waals surface area contributed by atoms with Gasteiger partial charge in [0.05, 0.1) is 33.6 Å². The summed E-state index contributed by atoms with van der Waals surface area (Å²) in [6.07, 6.45) is 0. The van der Waals surface area contributed by atoms with E-state index in [1.54, 1.807) is 36.4 Å². The quantitative estimate of drug-likeness (QED) is 0.824. The van der Waals surface area contributed by atoms with Crippen LogP contribution in [0.25, 0.3) is 0 Å². The molecule has 2 rings (SSSR count). The first-order chi connectivity index (χ1) is 9.11. The van der Waals surface area contributed by atoms with E-state index >= 15 is 0 Å². The van der Waals surface area contributed by atoms with E-state index in [-0.39, 0.29) is 5.91 Å². The summed E-state index contributed by atoms with van der Waals surface area (Å²) in [5.41, 5.74) is 7.35. The highest BCUT2D eigenvalue weighted by molar-refractivity contribution is 6.34. The van der Waals surface area contributed by atoms with Crippen molar-refractivity contribution in [3.63, 3.8) is 0 Å². The molecule has 2 aromatic carbocycles. The molecule has 19 heavy (non-hydrogen) atoms. The van der Waals surface area contributed by atoms with Gasteiger partial charge in [0, 0.05) is 0 Å². The van der Waals surface area contributed by atoms with Crippen LogP contribution in [0.4, 0.5) is 11.4 Å². The second kappa shape index (κ2) is 5.42. The van der Waals surface area contributed by atoms with Crippen molar-refractivity contribution in [2.24, 2.45) is 0 Å². The van der Waals surface area contributed by atoms with Crippen LogP contribution < -0.4 is 11.1 Å². The van der Waals surface area contributed by atoms with Gasteiger partial charge in [-0.15, -0.1) is 0 Å². The maximum Gasteiger partial charge on any atom is 0.257 e. The average Bonchev–Trinajstić information content (AvgIpc) is 2.41. The molecule has 0 atom stereocenters. The van der Waals surface area contributed by atoms with E-state index < -0.39 is 0 Å². The van der Waals surface area contributed by atoms with Gasteiger partial charge in [0.25, 0.3) is 5.91 Å². The molecule has 1 amide bonds. The van der Waals surface area contributed by atoms with Gasteiger partial charge in [-0.05, 0) is 30.3 Å². The Kier molecular flexibility index (Phi) is 3.69. The number of rotatable bonds is 2. The van der Waals surface area contributed by atoms with Gasteiger partial charge in [-0.2, -0.15) is 5.26 Å². The van der Waals surface area contributed by atoms with Crippen molar-refractivity contribution < 1.29 is 4.79 Å². The summed E-state index contributed by atoms with van der Waals surface area (Å²) >= 11 is 5.94. The normalized spacial score (nSPS) is 9.68. The number of hydrogen-bond donors (Lipinski definition) is 2. The first-order valence-electron chi connectivity index (χ1n) is 5.47. The number of nitrogen functional groups attached to an aromatic ring is 1. The zero-order chi connectivity index (χ0) is 13.8. The van der Waals surface area contributed by atoms with Gasteiger partial charge < -0.3 is 11.1 Å². The van der Waals surface area contributed by atoms with Gasteiger partial charge in [-0.1, -0.05) is 23.7 Å². The number of benzene rings is 2. The summed E-state index contributed by atoms with van der Waals surface area (Å²) in [6.45, 7) is 0. The van der Waals surface area contributed by atoms with E-state index in [0.717, 1.165) is 0 Å². The second-order valence-electron chi connectivity index (χ2n) is 3.85. The summed E-state index contributed by atoms with van der Waals surface area (Å²) in [4.78, 5) is 12.0. The third kappa shape index (κ3) is 2.84. The van der Waals surface area contributed by atoms with Crippen molar-refractivity contribution in [2.75, 3.05) is 11.1 Å². The Morgan fingerprint density at radius 2 is 2.00 bits per heavy atom. The van der Waals surface area contributed by atoms with Crippen molar-refractivity contribution in [3.8, 4) is 6.07 Å². The standard InChI is InChI=1S/C14H10ClN3O/c15-11-4-2-1-3-10(11)14(19)18-13-6-5-9(8-16)7-12(13)17/h1-7H,17H2,(H,18,19). The Morgan fingerprint density at radius 3 is 2.63 bits per heavy atom. The number of nitriles is 1. The lowest BCUT2D eigenvalue weighted by molar-refractivity contribution is 0.102. The van der Waals surface area contributed by atoms with Crippen LogP contribution in [-0.2, 0) is 0 Å². The maximum absolute atomic E-state index is 12.0. The van der Waals surface area contributed by atoms with Crippen molar-refractivity contribution in [1.29, 1.82) is 5.26 Å². The molecular weight excluding hydrogens is 262 g/mol. The first-order valence-corrected chi connectivity index (χ1v) is 5.85. The topological polar surface area (TPSA) is 78.9 Å². The lowest BCUT2D eigenvalue weighted by Gasteiger charge is -2.09. The summed E-state index contributed by atoms with van der Waals surface area (Å²) in [5.74, 6) is -0.345. The van der Waals surface area contributed by atoms with Crippen molar-refractivity contribution >= 4 is 28.9 Å². The second-order valence-corrected chi connectivity index (χ2v) is 4.26. The van der Waals surface area contributed by atoms with Crippen LogP contribution in [0, 0.1) is 11.3 Å². The maximum atomic E-state index is 12.0. The van der Waals surface area contributed by atoms with Crippen LogP contribution in [0.15, 0.2) is 42.5 Å². The summed E-state index contributed by atoms with van der Waals surface area (Å²) in [6, 6.07) is 13.4. The van der Waals surface area contributed by atoms with E-state index in [2.05, 4.69) is 5.32 Å². The number of hydrogen-bond acceptors (Lipinski definition) is 3. The number of carbonyl (C=O) groups is 1. The molecule has 0 aliphatic carbocycles. The van der Waals surface area contributed by atoms with Crippen LogP contribution in [0.3, 0.4) is 0 Å². The Balaban J connectivity index is 2.25. The molecule has 0 heterocycles. The molecule has 4 nitrogen and oxygen atoms in total. The molecule has 2 aromatic rings. The third-order valence-electron chi connectivity index (χ3n) is 2.55. The van der Waals surface area contributed by atoms with Crippen molar-refractivity contribution in [1.82, 2.24) is 0 Å². The van der Waals surface area contributed by atoms with Crippen LogP contribution >= 0.6 is 11.6 Å². The largest absolute Gasteiger partial charge is 0.397 e. The Bertz CT molecular complexity index is 677. The number of anilines is 2. The Morgan fingerprint density at radius 1 is 1.26 bits per heavy atom. The molecule has 3 N–H and O–H groups in total. The molecular formula is C14H10ClN3O. The van der Waals surface area contributed by atoms with E-state index in [1.807, 2.05) is 6.07 Å². The Hall–Kier alpha value is -2.51. The van der Waals surface area contributed by atoms with Crippen LogP contribution in [-0.4, -0.2) is 5.91 Å². The lowest BCUT2D eigenvalue weighted by atomic mass is 10.1. The van der Waals surface area contributed by atoms with E-state index in [1.165, 1.54) is 6.07 Å². The highest BCUT2D eigenvalue weighted by Gasteiger charge is 2.11. The molecule has 0 saturated heterocycles. The van der Waals surface area contributed by atoms with E-state index in [4.69, 9.17) is 22.6 Å². The smallest absolute Gasteiger partial charge is 0.257 e. The molecule has 0 aliphatic rings. The average molecular weight is 272 g/mol. The van der Waals surface area contributed by atoms with Gasteiger partial charge in [0.1, 0.15) is 0 Å². The minimum atomic E-state index is -0.345. The zero-order valence-electron chi connectivity index (χ0n) is 9.85. The minimum Gasteiger partial charge on any atom is -0.397 e. The van der Waals surface area contributed by atoms with E-state index in [9.17, 15) is 4.79 Å². The molecule has 0 radical (unpaired) electrons. The fraction of sp³-hybridized carbons (Fsp3) is 0. The SMILES string of the molecule is N#Cc1ccc(NC(=O)c2ccccc2Cl)c(N)c1. The molecule has 0 aliphatic heterocycles.